The summed E-state index contributed by atoms with van der Waals surface area (Å²) < 4.78 is 5.80. The van der Waals surface area contributed by atoms with E-state index in [1.54, 1.807) is 0 Å². The summed E-state index contributed by atoms with van der Waals surface area (Å²) in [5.74, 6) is -0.683. The molecule has 0 fully saturated rings. The zero-order valence-electron chi connectivity index (χ0n) is 9.61. The first kappa shape index (κ1) is 15.1. The van der Waals surface area contributed by atoms with E-state index in [2.05, 4.69) is 31.9 Å². The lowest BCUT2D eigenvalue weighted by atomic mass is 10.2. The van der Waals surface area contributed by atoms with Crippen molar-refractivity contribution >= 4 is 43.5 Å². The van der Waals surface area contributed by atoms with Crippen molar-refractivity contribution in [3.05, 3.63) is 36.8 Å². The maximum absolute atomic E-state index is 11.8. The highest BCUT2D eigenvalue weighted by molar-refractivity contribution is 9.11. The first-order valence-corrected chi connectivity index (χ1v) is 6.86. The third-order valence-corrected chi connectivity index (χ3v) is 3.22. The van der Waals surface area contributed by atoms with Gasteiger partial charge in [-0.2, -0.15) is 0 Å². The predicted molar refractivity (Wildman–Crippen MR) is 73.7 cm³/mol. The molecule has 0 heterocycles. The Kier molecular flexibility index (Phi) is 5.74. The highest BCUT2D eigenvalue weighted by atomic mass is 79.9. The molecular formula is C11H11Br2NO4. The number of halogens is 2. The van der Waals surface area contributed by atoms with E-state index in [4.69, 9.17) is 4.74 Å². The van der Waals surface area contributed by atoms with Crippen molar-refractivity contribution in [2.24, 2.45) is 0 Å². The standard InChI is InChI=1S/C11H11Br2NO4/c1-2-3-4-18-11(15)8-5-7(12)6-9(13)10(8)14(16)17/h5-6H,2-4H2,1H3. The van der Waals surface area contributed by atoms with Gasteiger partial charge >= 0.3 is 5.97 Å². The second-order valence-electron chi connectivity index (χ2n) is 3.53. The van der Waals surface area contributed by atoms with E-state index in [1.165, 1.54) is 12.1 Å². The fraction of sp³-hybridized carbons (Fsp3) is 0.364. The quantitative estimate of drug-likeness (QED) is 0.334. The molecule has 5 nitrogen and oxygen atoms in total. The van der Waals surface area contributed by atoms with Crippen molar-refractivity contribution in [3.63, 3.8) is 0 Å². The summed E-state index contributed by atoms with van der Waals surface area (Å²) in [6.07, 6.45) is 1.62. The van der Waals surface area contributed by atoms with Crippen LogP contribution in [0.2, 0.25) is 0 Å². The van der Waals surface area contributed by atoms with Crippen LogP contribution < -0.4 is 0 Å². The average Bonchev–Trinajstić information content (AvgIpc) is 2.27. The van der Waals surface area contributed by atoms with E-state index in [-0.39, 0.29) is 22.3 Å². The van der Waals surface area contributed by atoms with Crippen molar-refractivity contribution in [1.82, 2.24) is 0 Å². The molecule has 0 bridgehead atoms. The van der Waals surface area contributed by atoms with Gasteiger partial charge in [-0.05, 0) is 34.5 Å². The zero-order valence-corrected chi connectivity index (χ0v) is 12.8. The lowest BCUT2D eigenvalue weighted by Gasteiger charge is -2.06. The second-order valence-corrected chi connectivity index (χ2v) is 5.30. The number of rotatable bonds is 5. The highest BCUT2D eigenvalue weighted by Crippen LogP contribution is 2.32. The number of hydrogen-bond acceptors (Lipinski definition) is 4. The zero-order chi connectivity index (χ0) is 13.7. The van der Waals surface area contributed by atoms with Crippen molar-refractivity contribution < 1.29 is 14.5 Å². The monoisotopic (exact) mass is 379 g/mol. The molecule has 0 radical (unpaired) electrons. The van der Waals surface area contributed by atoms with Gasteiger partial charge in [-0.3, -0.25) is 10.1 Å². The Balaban J connectivity index is 3.06. The minimum Gasteiger partial charge on any atom is -0.462 e. The molecule has 0 unspecified atom stereocenters. The van der Waals surface area contributed by atoms with Crippen molar-refractivity contribution in [3.8, 4) is 0 Å². The summed E-state index contributed by atoms with van der Waals surface area (Å²) in [4.78, 5) is 22.1. The molecule has 0 saturated carbocycles. The van der Waals surface area contributed by atoms with Crippen LogP contribution in [0.1, 0.15) is 30.1 Å². The van der Waals surface area contributed by atoms with Crippen LogP contribution in [-0.2, 0) is 4.74 Å². The highest BCUT2D eigenvalue weighted by Gasteiger charge is 2.25. The van der Waals surface area contributed by atoms with Crippen LogP contribution in [0.3, 0.4) is 0 Å². The van der Waals surface area contributed by atoms with Crippen LogP contribution in [0.15, 0.2) is 21.1 Å². The minimum atomic E-state index is -0.683. The van der Waals surface area contributed by atoms with E-state index in [9.17, 15) is 14.9 Å². The number of unbranched alkanes of at least 4 members (excludes halogenated alkanes) is 1. The summed E-state index contributed by atoms with van der Waals surface area (Å²) in [5.41, 5.74) is -0.336. The van der Waals surface area contributed by atoms with Crippen LogP contribution in [0.5, 0.6) is 0 Å². The number of nitrogens with zero attached hydrogens (tertiary/aromatic N) is 1. The van der Waals surface area contributed by atoms with E-state index >= 15 is 0 Å². The molecule has 1 aromatic carbocycles. The largest absolute Gasteiger partial charge is 0.462 e. The van der Waals surface area contributed by atoms with Gasteiger partial charge in [0.05, 0.1) is 16.0 Å². The van der Waals surface area contributed by atoms with Crippen molar-refractivity contribution in [1.29, 1.82) is 0 Å². The summed E-state index contributed by atoms with van der Waals surface area (Å²) in [7, 11) is 0. The number of carbonyl (C=O) groups is 1. The fourth-order valence-corrected chi connectivity index (χ4v) is 2.66. The number of nitro benzene ring substituents is 1. The smallest absolute Gasteiger partial charge is 0.345 e. The molecule has 0 amide bonds. The molecule has 7 heteroatoms. The number of benzene rings is 1. The lowest BCUT2D eigenvalue weighted by molar-refractivity contribution is -0.386. The molecular weight excluding hydrogens is 370 g/mol. The summed E-state index contributed by atoms with van der Waals surface area (Å²) in [6.45, 7) is 2.22. The Morgan fingerprint density at radius 3 is 2.67 bits per heavy atom. The number of nitro groups is 1. The summed E-state index contributed by atoms with van der Waals surface area (Å²) in [6, 6.07) is 2.90. The molecule has 0 aliphatic heterocycles. The Bertz CT molecular complexity index is 476. The Labute approximate surface area is 121 Å². The normalized spacial score (nSPS) is 10.2. The fourth-order valence-electron chi connectivity index (χ4n) is 1.29. The Hall–Kier alpha value is -0.950. The molecule has 0 aliphatic carbocycles. The molecule has 1 rings (SSSR count). The molecule has 0 aliphatic rings. The maximum atomic E-state index is 11.8. The Morgan fingerprint density at radius 2 is 2.11 bits per heavy atom. The molecule has 18 heavy (non-hydrogen) atoms. The minimum absolute atomic E-state index is 0.0580. The molecule has 0 saturated heterocycles. The molecule has 0 aromatic heterocycles. The topological polar surface area (TPSA) is 69.4 Å². The van der Waals surface area contributed by atoms with Crippen LogP contribution in [0, 0.1) is 10.1 Å². The van der Waals surface area contributed by atoms with E-state index < -0.39 is 10.9 Å². The number of ether oxygens (including phenoxy) is 1. The maximum Gasteiger partial charge on any atom is 0.345 e. The van der Waals surface area contributed by atoms with Gasteiger partial charge in [0, 0.05) is 4.47 Å². The molecule has 98 valence electrons. The summed E-state index contributed by atoms with van der Waals surface area (Å²) >= 11 is 6.26. The van der Waals surface area contributed by atoms with Crippen LogP contribution in [0.4, 0.5) is 5.69 Å². The van der Waals surface area contributed by atoms with Gasteiger partial charge in [-0.25, -0.2) is 4.79 Å². The number of esters is 1. The van der Waals surface area contributed by atoms with Gasteiger partial charge in [0.25, 0.3) is 5.69 Å². The van der Waals surface area contributed by atoms with Crippen LogP contribution in [0.25, 0.3) is 0 Å². The average molecular weight is 381 g/mol. The third kappa shape index (κ3) is 3.78. The van der Waals surface area contributed by atoms with E-state index in [0.717, 1.165) is 12.8 Å². The van der Waals surface area contributed by atoms with Crippen LogP contribution in [-0.4, -0.2) is 17.5 Å². The van der Waals surface area contributed by atoms with Gasteiger partial charge in [-0.15, -0.1) is 0 Å². The first-order chi connectivity index (χ1) is 8.47. The molecule has 1 aromatic rings. The number of hydrogen-bond donors (Lipinski definition) is 0. The van der Waals surface area contributed by atoms with Gasteiger partial charge in [0.1, 0.15) is 5.56 Å². The summed E-state index contributed by atoms with van der Waals surface area (Å²) in [5, 5.41) is 10.9. The van der Waals surface area contributed by atoms with Gasteiger partial charge in [-0.1, -0.05) is 29.3 Å². The molecule has 0 N–H and O–H groups in total. The molecule has 0 atom stereocenters. The second kappa shape index (κ2) is 6.84. The molecule has 0 spiro atoms. The van der Waals surface area contributed by atoms with Crippen molar-refractivity contribution in [2.45, 2.75) is 19.8 Å². The van der Waals surface area contributed by atoms with E-state index in [0.29, 0.717) is 4.47 Å². The predicted octanol–water partition coefficient (Wildman–Crippen LogP) is 4.08. The van der Waals surface area contributed by atoms with Gasteiger partial charge in [0.15, 0.2) is 0 Å². The van der Waals surface area contributed by atoms with E-state index in [1.807, 2.05) is 6.92 Å². The number of carbonyl (C=O) groups excluding carboxylic acids is 1. The van der Waals surface area contributed by atoms with Crippen LogP contribution >= 0.6 is 31.9 Å². The van der Waals surface area contributed by atoms with Gasteiger partial charge < -0.3 is 4.74 Å². The lowest BCUT2D eigenvalue weighted by Crippen LogP contribution is -2.09. The third-order valence-electron chi connectivity index (χ3n) is 2.16. The first-order valence-electron chi connectivity index (χ1n) is 5.28. The van der Waals surface area contributed by atoms with Crippen molar-refractivity contribution in [2.75, 3.05) is 6.61 Å². The SMILES string of the molecule is CCCCOC(=O)c1cc(Br)cc(Br)c1[N+](=O)[O-]. The Morgan fingerprint density at radius 1 is 1.44 bits per heavy atom. The van der Waals surface area contributed by atoms with Gasteiger partial charge in [0.2, 0.25) is 0 Å².